The van der Waals surface area contributed by atoms with E-state index in [9.17, 15) is 14.7 Å². The molecule has 0 saturated carbocycles. The lowest BCUT2D eigenvalue weighted by atomic mass is 10.0. The minimum Gasteiger partial charge on any atom is -0.466 e. The average molecular weight is 584 g/mol. The first kappa shape index (κ1) is 39.9. The predicted molar refractivity (Wildman–Crippen MR) is 172 cm³/mol. The summed E-state index contributed by atoms with van der Waals surface area (Å²) in [5.41, 5.74) is 0. The van der Waals surface area contributed by atoms with Gasteiger partial charge in [-0.15, -0.1) is 0 Å². The van der Waals surface area contributed by atoms with Gasteiger partial charge in [0.1, 0.15) is 6.10 Å². The Kier molecular flexibility index (Phi) is 30.9. The molecule has 244 valence electrons. The number of nitrogens with zero attached hydrogens (tertiary/aromatic N) is 1. The molecule has 0 rings (SSSR count). The Morgan fingerprint density at radius 3 is 1.61 bits per heavy atom. The summed E-state index contributed by atoms with van der Waals surface area (Å²) in [4.78, 5) is 26.6. The quantitative estimate of drug-likeness (QED) is 0.0628. The smallest absolute Gasteiger partial charge is 0.306 e. The summed E-state index contributed by atoms with van der Waals surface area (Å²) in [6.45, 7) is 9.76. The molecule has 0 atom stereocenters. The fraction of sp³-hybridized carbons (Fsp3) is 0.943. The van der Waals surface area contributed by atoms with Crippen LogP contribution in [0.3, 0.4) is 0 Å². The van der Waals surface area contributed by atoms with Gasteiger partial charge in [-0.05, 0) is 77.3 Å². The fourth-order valence-corrected chi connectivity index (χ4v) is 5.29. The van der Waals surface area contributed by atoms with Gasteiger partial charge in [-0.25, -0.2) is 0 Å². The molecule has 0 aromatic carbocycles. The Morgan fingerprint density at radius 2 is 1.02 bits per heavy atom. The summed E-state index contributed by atoms with van der Waals surface area (Å²) in [6, 6.07) is 0. The zero-order chi connectivity index (χ0) is 30.2. The number of rotatable bonds is 32. The maximum atomic E-state index is 12.7. The number of aliphatic hydroxyl groups is 1. The average Bonchev–Trinajstić information content (AvgIpc) is 2.96. The lowest BCUT2D eigenvalue weighted by molar-refractivity contribution is -0.150. The minimum atomic E-state index is -0.0741. The number of carbonyl (C=O) groups is 2. The first-order valence-electron chi connectivity index (χ1n) is 17.8. The zero-order valence-corrected chi connectivity index (χ0v) is 27.6. The maximum absolute atomic E-state index is 12.7. The first-order chi connectivity index (χ1) is 20.1. The molecule has 0 radical (unpaired) electrons. The predicted octanol–water partition coefficient (Wildman–Crippen LogP) is 9.16. The molecule has 1 N–H and O–H groups in total. The van der Waals surface area contributed by atoms with Gasteiger partial charge in [-0.1, -0.05) is 97.8 Å². The summed E-state index contributed by atoms with van der Waals surface area (Å²) in [6.07, 6.45) is 26.1. The van der Waals surface area contributed by atoms with Crippen LogP contribution in [0.25, 0.3) is 0 Å². The Hall–Kier alpha value is -1.14. The molecular weight excluding hydrogens is 514 g/mol. The third kappa shape index (κ3) is 28.7. The van der Waals surface area contributed by atoms with Crippen LogP contribution in [0.2, 0.25) is 0 Å². The number of ether oxygens (including phenoxy) is 2. The highest BCUT2D eigenvalue weighted by atomic mass is 16.5. The van der Waals surface area contributed by atoms with E-state index in [2.05, 4.69) is 25.7 Å². The molecule has 0 amide bonds. The Balaban J connectivity index is 4.18. The second-order valence-corrected chi connectivity index (χ2v) is 12.0. The summed E-state index contributed by atoms with van der Waals surface area (Å²) in [7, 11) is 0. The minimum absolute atomic E-state index is 0.0371. The van der Waals surface area contributed by atoms with Crippen molar-refractivity contribution in [2.24, 2.45) is 0 Å². The second-order valence-electron chi connectivity index (χ2n) is 12.0. The summed E-state index contributed by atoms with van der Waals surface area (Å²) >= 11 is 0. The van der Waals surface area contributed by atoms with Crippen molar-refractivity contribution in [3.05, 3.63) is 0 Å². The topological polar surface area (TPSA) is 76.1 Å². The van der Waals surface area contributed by atoms with Crippen molar-refractivity contribution < 1.29 is 24.2 Å². The van der Waals surface area contributed by atoms with Gasteiger partial charge in [0.25, 0.3) is 0 Å². The van der Waals surface area contributed by atoms with Crippen LogP contribution in [0, 0.1) is 0 Å². The molecule has 0 fully saturated rings. The van der Waals surface area contributed by atoms with Gasteiger partial charge in [-0.2, -0.15) is 0 Å². The molecule has 6 heteroatoms. The van der Waals surface area contributed by atoms with Crippen LogP contribution in [0.5, 0.6) is 0 Å². The monoisotopic (exact) mass is 584 g/mol. The van der Waals surface area contributed by atoms with Crippen molar-refractivity contribution in [3.8, 4) is 0 Å². The van der Waals surface area contributed by atoms with Crippen molar-refractivity contribution in [2.45, 2.75) is 181 Å². The van der Waals surface area contributed by atoms with Crippen molar-refractivity contribution in [1.82, 2.24) is 4.90 Å². The summed E-state index contributed by atoms with van der Waals surface area (Å²) < 4.78 is 11.3. The number of unbranched alkanes of at least 4 members (excludes halogenated alkanes) is 15. The molecule has 0 aliphatic rings. The van der Waals surface area contributed by atoms with E-state index in [1.165, 1.54) is 64.2 Å². The molecule has 0 saturated heterocycles. The number of aliphatic hydroxyl groups excluding tert-OH is 1. The van der Waals surface area contributed by atoms with Crippen molar-refractivity contribution in [3.63, 3.8) is 0 Å². The van der Waals surface area contributed by atoms with Crippen LogP contribution in [0.4, 0.5) is 0 Å². The van der Waals surface area contributed by atoms with Gasteiger partial charge in [0.05, 0.1) is 13.2 Å². The third-order valence-electron chi connectivity index (χ3n) is 7.95. The number of hydrogen-bond donors (Lipinski definition) is 1. The largest absolute Gasteiger partial charge is 0.466 e. The van der Waals surface area contributed by atoms with Crippen LogP contribution >= 0.6 is 0 Å². The highest BCUT2D eigenvalue weighted by molar-refractivity contribution is 5.69. The van der Waals surface area contributed by atoms with Crippen molar-refractivity contribution >= 4 is 11.9 Å². The van der Waals surface area contributed by atoms with E-state index in [-0.39, 0.29) is 24.6 Å². The van der Waals surface area contributed by atoms with E-state index < -0.39 is 0 Å². The maximum Gasteiger partial charge on any atom is 0.306 e. The fourth-order valence-electron chi connectivity index (χ4n) is 5.29. The molecular formula is C35H69NO5. The highest BCUT2D eigenvalue weighted by Gasteiger charge is 2.15. The van der Waals surface area contributed by atoms with E-state index >= 15 is 0 Å². The highest BCUT2D eigenvalue weighted by Crippen LogP contribution is 2.18. The van der Waals surface area contributed by atoms with Crippen molar-refractivity contribution in [2.75, 3.05) is 32.8 Å². The normalized spacial score (nSPS) is 11.5. The second kappa shape index (κ2) is 31.8. The van der Waals surface area contributed by atoms with E-state index in [1.807, 2.05) is 0 Å². The molecule has 0 aromatic heterocycles. The lowest BCUT2D eigenvalue weighted by Gasteiger charge is -2.21. The Morgan fingerprint density at radius 1 is 0.561 bits per heavy atom. The van der Waals surface area contributed by atoms with Gasteiger partial charge >= 0.3 is 11.9 Å². The number of esters is 2. The molecule has 41 heavy (non-hydrogen) atoms. The molecule has 0 aromatic rings. The zero-order valence-electron chi connectivity index (χ0n) is 27.6. The van der Waals surface area contributed by atoms with Crippen LogP contribution in [0.15, 0.2) is 0 Å². The van der Waals surface area contributed by atoms with Crippen molar-refractivity contribution in [1.29, 1.82) is 0 Å². The summed E-state index contributed by atoms with van der Waals surface area (Å²) in [5.74, 6) is -0.111. The van der Waals surface area contributed by atoms with Gasteiger partial charge in [0, 0.05) is 19.4 Å². The van der Waals surface area contributed by atoms with E-state index in [0.29, 0.717) is 26.0 Å². The Bertz CT molecular complexity index is 555. The SMILES string of the molecule is CCCCCCCCC(CCCCCCCC)OC(=O)CCCCN(CCO)CCCCCOC(=O)CCCCC. The van der Waals surface area contributed by atoms with Gasteiger partial charge in [-0.3, -0.25) is 9.59 Å². The van der Waals surface area contributed by atoms with Crippen LogP contribution in [0.1, 0.15) is 175 Å². The van der Waals surface area contributed by atoms with E-state index in [0.717, 1.165) is 90.1 Å². The molecule has 0 bridgehead atoms. The van der Waals surface area contributed by atoms with E-state index in [1.54, 1.807) is 0 Å². The van der Waals surface area contributed by atoms with Crippen LogP contribution in [-0.2, 0) is 19.1 Å². The third-order valence-corrected chi connectivity index (χ3v) is 7.95. The molecule has 0 aliphatic heterocycles. The number of hydrogen-bond acceptors (Lipinski definition) is 6. The van der Waals surface area contributed by atoms with Gasteiger partial charge in [0.2, 0.25) is 0 Å². The lowest BCUT2D eigenvalue weighted by Crippen LogP contribution is -2.29. The molecule has 0 spiro atoms. The molecule has 6 nitrogen and oxygen atoms in total. The summed E-state index contributed by atoms with van der Waals surface area (Å²) in [5, 5.41) is 9.46. The molecule has 0 heterocycles. The molecule has 0 aliphatic carbocycles. The van der Waals surface area contributed by atoms with Crippen LogP contribution in [-0.4, -0.2) is 60.9 Å². The Labute approximate surface area is 254 Å². The van der Waals surface area contributed by atoms with E-state index in [4.69, 9.17) is 9.47 Å². The number of carbonyl (C=O) groups excluding carboxylic acids is 2. The molecule has 0 unspecified atom stereocenters. The van der Waals surface area contributed by atoms with Gasteiger partial charge in [0.15, 0.2) is 0 Å². The first-order valence-corrected chi connectivity index (χ1v) is 17.8. The van der Waals surface area contributed by atoms with Crippen LogP contribution < -0.4 is 0 Å². The standard InChI is InChI=1S/C35H69NO5/c1-4-7-10-12-14-18-24-33(25-19-15-13-11-8-5-2)41-35(39)27-20-22-29-36(30-31-37)28-21-16-23-32-40-34(38)26-17-9-6-3/h33,37H,4-32H2,1-3H3. The van der Waals surface area contributed by atoms with Gasteiger partial charge < -0.3 is 19.5 Å².